The molecule has 0 aliphatic heterocycles. The molecule has 0 heterocycles. The number of hydrogen-bond acceptors (Lipinski definition) is 2. The second kappa shape index (κ2) is 4.84. The molecule has 18 heavy (non-hydrogen) atoms. The number of nitrogens with one attached hydrogen (secondary N) is 1. The molecule has 2 N–H and O–H groups in total. The maximum atomic E-state index is 11.0. The van der Waals surface area contributed by atoms with Crippen molar-refractivity contribution in [2.45, 2.75) is 56.7 Å². The average Bonchev–Trinajstić information content (AvgIpc) is 2.30. The van der Waals surface area contributed by atoms with Crippen molar-refractivity contribution in [2.75, 3.05) is 0 Å². The van der Waals surface area contributed by atoms with Gasteiger partial charge in [0.25, 0.3) is 0 Å². The highest BCUT2D eigenvalue weighted by molar-refractivity contribution is 5.85. The average molecular weight is 268 g/mol. The van der Waals surface area contributed by atoms with Crippen LogP contribution in [0.1, 0.15) is 50.2 Å². The van der Waals surface area contributed by atoms with Gasteiger partial charge in [0.1, 0.15) is 5.60 Å². The lowest BCUT2D eigenvalue weighted by molar-refractivity contribution is -0.0791. The Hall–Kier alpha value is -0.570. The first kappa shape index (κ1) is 13.9. The monoisotopic (exact) mass is 267 g/mol. The molecule has 100 valence electrons. The van der Waals surface area contributed by atoms with Crippen molar-refractivity contribution in [1.82, 2.24) is 5.32 Å². The third-order valence-corrected chi connectivity index (χ3v) is 4.35. The zero-order chi connectivity index (χ0) is 12.0. The van der Waals surface area contributed by atoms with Crippen LogP contribution in [0, 0.1) is 0 Å². The summed E-state index contributed by atoms with van der Waals surface area (Å²) in [5, 5.41) is 14.6. The normalized spacial score (nSPS) is 33.1. The second-order valence-corrected chi connectivity index (χ2v) is 5.77. The van der Waals surface area contributed by atoms with Gasteiger partial charge >= 0.3 is 0 Å². The summed E-state index contributed by atoms with van der Waals surface area (Å²) in [6.45, 7) is 4.30. The molecule has 0 bridgehead atoms. The number of fused-ring (bicyclic) bond motifs is 4. The van der Waals surface area contributed by atoms with Crippen LogP contribution in [0.5, 0.6) is 0 Å². The minimum absolute atomic E-state index is 0. The minimum atomic E-state index is -0.612. The first-order chi connectivity index (χ1) is 8.14. The van der Waals surface area contributed by atoms with Crippen LogP contribution in [0.4, 0.5) is 0 Å². The molecule has 1 fully saturated rings. The van der Waals surface area contributed by atoms with E-state index in [1.165, 1.54) is 12.0 Å². The molecule has 1 saturated carbocycles. The van der Waals surface area contributed by atoms with Crippen LogP contribution in [0.25, 0.3) is 0 Å². The predicted octanol–water partition coefficient (Wildman–Crippen LogP) is 2.94. The summed E-state index contributed by atoms with van der Waals surface area (Å²) in [5.41, 5.74) is 1.91. The first-order valence-electron chi connectivity index (χ1n) is 6.72. The molecular weight excluding hydrogens is 246 g/mol. The summed E-state index contributed by atoms with van der Waals surface area (Å²) in [6.07, 6.45) is 3.43. The Morgan fingerprint density at radius 3 is 2.72 bits per heavy atom. The standard InChI is InChI=1S/C15H21NO.ClH/c1-10(2)16-14-9-5-8-13-11-6-3-4-7-12(11)15(13,14)17;/h3-4,6-7,10,13-14,16-17H,5,8-9H2,1-2H3;1H/t13-,14-,15-;/m1./s1. The van der Waals surface area contributed by atoms with E-state index in [4.69, 9.17) is 0 Å². The van der Waals surface area contributed by atoms with Gasteiger partial charge in [-0.15, -0.1) is 12.4 Å². The lowest BCUT2D eigenvalue weighted by Crippen LogP contribution is -2.60. The lowest BCUT2D eigenvalue weighted by Gasteiger charge is -2.55. The van der Waals surface area contributed by atoms with Crippen LogP contribution in [0.3, 0.4) is 0 Å². The highest BCUT2D eigenvalue weighted by Crippen LogP contribution is 2.57. The largest absolute Gasteiger partial charge is 0.383 e. The molecule has 2 nitrogen and oxygen atoms in total. The molecule has 0 saturated heterocycles. The van der Waals surface area contributed by atoms with Crippen LogP contribution in [-0.2, 0) is 5.60 Å². The Balaban J connectivity index is 0.00000120. The summed E-state index contributed by atoms with van der Waals surface area (Å²) >= 11 is 0. The third-order valence-electron chi connectivity index (χ3n) is 4.35. The van der Waals surface area contributed by atoms with Crippen LogP contribution in [-0.4, -0.2) is 17.2 Å². The Kier molecular flexibility index (Phi) is 3.72. The van der Waals surface area contributed by atoms with Gasteiger partial charge in [0, 0.05) is 18.0 Å². The van der Waals surface area contributed by atoms with Crippen molar-refractivity contribution < 1.29 is 5.11 Å². The molecule has 3 atom stereocenters. The fourth-order valence-electron chi connectivity index (χ4n) is 3.68. The Labute approximate surface area is 115 Å². The van der Waals surface area contributed by atoms with Gasteiger partial charge in [-0.1, -0.05) is 44.5 Å². The molecule has 1 aromatic rings. The van der Waals surface area contributed by atoms with E-state index in [-0.39, 0.29) is 18.4 Å². The Morgan fingerprint density at radius 1 is 1.28 bits per heavy atom. The van der Waals surface area contributed by atoms with Crippen LogP contribution < -0.4 is 5.32 Å². The summed E-state index contributed by atoms with van der Waals surface area (Å²) in [6, 6.07) is 9.02. The number of halogens is 1. The predicted molar refractivity (Wildman–Crippen MR) is 76.2 cm³/mol. The van der Waals surface area contributed by atoms with E-state index in [9.17, 15) is 5.11 Å². The van der Waals surface area contributed by atoms with Gasteiger partial charge in [0.2, 0.25) is 0 Å². The highest BCUT2D eigenvalue weighted by atomic mass is 35.5. The second-order valence-electron chi connectivity index (χ2n) is 5.77. The molecule has 0 unspecified atom stereocenters. The van der Waals surface area contributed by atoms with Gasteiger partial charge in [0.05, 0.1) is 0 Å². The van der Waals surface area contributed by atoms with Crippen LogP contribution in [0.2, 0.25) is 0 Å². The number of aliphatic hydroxyl groups is 1. The van der Waals surface area contributed by atoms with E-state index in [0.717, 1.165) is 18.4 Å². The zero-order valence-corrected chi connectivity index (χ0v) is 11.8. The van der Waals surface area contributed by atoms with E-state index in [0.29, 0.717) is 12.0 Å². The van der Waals surface area contributed by atoms with Crippen molar-refractivity contribution in [3.8, 4) is 0 Å². The van der Waals surface area contributed by atoms with Gasteiger partial charge in [-0.3, -0.25) is 0 Å². The molecular formula is C15H22ClNO. The van der Waals surface area contributed by atoms with E-state index >= 15 is 0 Å². The SMILES string of the molecule is CC(C)N[C@@H]1CCC[C@@H]2c3ccccc3[C@@]21O.Cl. The molecule has 1 aromatic carbocycles. The summed E-state index contributed by atoms with van der Waals surface area (Å²) in [4.78, 5) is 0. The van der Waals surface area contributed by atoms with Crippen LogP contribution in [0.15, 0.2) is 24.3 Å². The van der Waals surface area contributed by atoms with Gasteiger partial charge in [-0.05, 0) is 24.0 Å². The lowest BCUT2D eigenvalue weighted by atomic mass is 9.56. The minimum Gasteiger partial charge on any atom is -0.383 e. The summed E-state index contributed by atoms with van der Waals surface area (Å²) in [7, 11) is 0. The Bertz CT molecular complexity index is 434. The maximum absolute atomic E-state index is 11.0. The van der Waals surface area contributed by atoms with E-state index in [2.05, 4.69) is 37.4 Å². The smallest absolute Gasteiger partial charge is 0.112 e. The maximum Gasteiger partial charge on any atom is 0.112 e. The molecule has 3 rings (SSSR count). The van der Waals surface area contributed by atoms with Gasteiger partial charge in [-0.25, -0.2) is 0 Å². The van der Waals surface area contributed by atoms with E-state index < -0.39 is 5.60 Å². The Morgan fingerprint density at radius 2 is 2.00 bits per heavy atom. The summed E-state index contributed by atoms with van der Waals surface area (Å²) in [5.74, 6) is 0.351. The summed E-state index contributed by atoms with van der Waals surface area (Å²) < 4.78 is 0. The number of benzene rings is 1. The van der Waals surface area contributed by atoms with Crippen molar-refractivity contribution in [3.63, 3.8) is 0 Å². The zero-order valence-electron chi connectivity index (χ0n) is 11.0. The third kappa shape index (κ3) is 1.78. The molecule has 3 heteroatoms. The number of rotatable bonds is 2. The van der Waals surface area contributed by atoms with Crippen molar-refractivity contribution in [2.24, 2.45) is 0 Å². The van der Waals surface area contributed by atoms with Crippen molar-refractivity contribution in [1.29, 1.82) is 0 Å². The fraction of sp³-hybridized carbons (Fsp3) is 0.600. The molecule has 2 aliphatic carbocycles. The molecule has 0 spiro atoms. The molecule has 2 aliphatic rings. The first-order valence-corrected chi connectivity index (χ1v) is 6.72. The quantitative estimate of drug-likeness (QED) is 0.864. The molecule has 0 amide bonds. The highest BCUT2D eigenvalue weighted by Gasteiger charge is 2.56. The topological polar surface area (TPSA) is 32.3 Å². The fourth-order valence-corrected chi connectivity index (χ4v) is 3.68. The molecule has 0 aromatic heterocycles. The van der Waals surface area contributed by atoms with Crippen LogP contribution >= 0.6 is 12.4 Å². The van der Waals surface area contributed by atoms with Gasteiger partial charge in [-0.2, -0.15) is 0 Å². The molecule has 0 radical (unpaired) electrons. The van der Waals surface area contributed by atoms with E-state index in [1.54, 1.807) is 0 Å². The van der Waals surface area contributed by atoms with Gasteiger partial charge in [0.15, 0.2) is 0 Å². The van der Waals surface area contributed by atoms with E-state index in [1.807, 2.05) is 6.07 Å². The van der Waals surface area contributed by atoms with Crippen molar-refractivity contribution in [3.05, 3.63) is 35.4 Å². The van der Waals surface area contributed by atoms with Gasteiger partial charge < -0.3 is 10.4 Å². The number of hydrogen-bond donors (Lipinski definition) is 2. The van der Waals surface area contributed by atoms with Crippen molar-refractivity contribution >= 4 is 12.4 Å².